The molecule has 2 aromatic rings. The summed E-state index contributed by atoms with van der Waals surface area (Å²) in [6.45, 7) is 5.93. The van der Waals surface area contributed by atoms with Gasteiger partial charge in [-0.1, -0.05) is 6.07 Å². The molecule has 0 aromatic carbocycles. The van der Waals surface area contributed by atoms with E-state index < -0.39 is 0 Å². The van der Waals surface area contributed by atoms with Crippen LogP contribution in [0.1, 0.15) is 34.0 Å². The van der Waals surface area contributed by atoms with Crippen LogP contribution in [0.15, 0.2) is 24.4 Å². The number of aromatic nitrogens is 3. The van der Waals surface area contributed by atoms with E-state index in [4.69, 9.17) is 5.73 Å². The van der Waals surface area contributed by atoms with Crippen molar-refractivity contribution in [3.63, 3.8) is 0 Å². The topological polar surface area (TPSA) is 88.2 Å². The van der Waals surface area contributed by atoms with Crippen LogP contribution >= 0.6 is 0 Å². The molecule has 1 fully saturated rings. The smallest absolute Gasteiger partial charge is 0.291 e. The van der Waals surface area contributed by atoms with Crippen LogP contribution in [0.25, 0.3) is 0 Å². The Morgan fingerprint density at radius 3 is 2.80 bits per heavy atom. The molecule has 2 N–H and O–H groups in total. The second-order valence-corrected chi connectivity index (χ2v) is 6.56. The Morgan fingerprint density at radius 2 is 2.16 bits per heavy atom. The Labute approximate surface area is 147 Å². The van der Waals surface area contributed by atoms with Crippen LogP contribution in [0.4, 0.5) is 5.82 Å². The van der Waals surface area contributed by atoms with Gasteiger partial charge in [-0.3, -0.25) is 9.78 Å². The Hall–Kier alpha value is -2.54. The fraction of sp³-hybridized carbons (Fsp3) is 0.444. The molecular formula is C18H24N6O. The summed E-state index contributed by atoms with van der Waals surface area (Å²) in [5.74, 6) is 0.825. The van der Waals surface area contributed by atoms with E-state index in [0.717, 1.165) is 42.3 Å². The number of carbonyl (C=O) groups excluding carboxylic acids is 1. The van der Waals surface area contributed by atoms with Crippen molar-refractivity contribution in [2.24, 2.45) is 5.73 Å². The van der Waals surface area contributed by atoms with Crippen molar-refractivity contribution in [2.45, 2.75) is 32.9 Å². The molecule has 1 aliphatic heterocycles. The van der Waals surface area contributed by atoms with Gasteiger partial charge in [0, 0.05) is 43.6 Å². The summed E-state index contributed by atoms with van der Waals surface area (Å²) >= 11 is 0. The molecule has 0 radical (unpaired) electrons. The van der Waals surface area contributed by atoms with Crippen LogP contribution in [0.5, 0.6) is 0 Å². The number of amides is 1. The van der Waals surface area contributed by atoms with Gasteiger partial charge in [0.05, 0.1) is 12.2 Å². The number of hydrogen-bond donors (Lipinski definition) is 1. The molecule has 1 amide bonds. The Bertz CT molecular complexity index is 764. The van der Waals surface area contributed by atoms with Gasteiger partial charge in [-0.05, 0) is 32.4 Å². The molecular weight excluding hydrogens is 316 g/mol. The van der Waals surface area contributed by atoms with E-state index in [1.165, 1.54) is 0 Å². The summed E-state index contributed by atoms with van der Waals surface area (Å²) in [5, 5.41) is 0. The third-order valence-corrected chi connectivity index (χ3v) is 4.55. The summed E-state index contributed by atoms with van der Waals surface area (Å²) in [6, 6.07) is 5.80. The second kappa shape index (κ2) is 7.14. The minimum atomic E-state index is -0.210. The molecule has 7 nitrogen and oxygen atoms in total. The number of anilines is 1. The van der Waals surface area contributed by atoms with Crippen LogP contribution in [0.3, 0.4) is 0 Å². The standard InChI is InChI=1S/C18H24N6O/c1-12-13(2)21-16(22-17(12)24-9-7-14(19)10-24)18(25)23(3)11-15-6-4-5-8-20-15/h4-6,8,14H,7,9-11,19H2,1-3H3/t14-/m1/s1. The van der Waals surface area contributed by atoms with E-state index in [1.807, 2.05) is 32.0 Å². The first-order chi connectivity index (χ1) is 12.0. The molecule has 3 heterocycles. The Balaban J connectivity index is 1.83. The molecule has 0 spiro atoms. The highest BCUT2D eigenvalue weighted by Gasteiger charge is 2.25. The lowest BCUT2D eigenvalue weighted by Gasteiger charge is -2.22. The minimum Gasteiger partial charge on any atom is -0.355 e. The second-order valence-electron chi connectivity index (χ2n) is 6.56. The maximum atomic E-state index is 12.8. The maximum Gasteiger partial charge on any atom is 0.291 e. The fourth-order valence-electron chi connectivity index (χ4n) is 2.97. The van der Waals surface area contributed by atoms with Crippen LogP contribution in [-0.2, 0) is 6.54 Å². The predicted molar refractivity (Wildman–Crippen MR) is 96.3 cm³/mol. The maximum absolute atomic E-state index is 12.8. The molecule has 3 rings (SSSR count). The summed E-state index contributed by atoms with van der Waals surface area (Å²) in [7, 11) is 1.74. The van der Waals surface area contributed by atoms with Crippen molar-refractivity contribution in [3.05, 3.63) is 47.2 Å². The van der Waals surface area contributed by atoms with Gasteiger partial charge in [0.1, 0.15) is 5.82 Å². The quantitative estimate of drug-likeness (QED) is 0.902. The van der Waals surface area contributed by atoms with Gasteiger partial charge in [0.15, 0.2) is 0 Å². The Kier molecular flexibility index (Phi) is 4.94. The van der Waals surface area contributed by atoms with Gasteiger partial charge < -0.3 is 15.5 Å². The van der Waals surface area contributed by atoms with E-state index in [0.29, 0.717) is 6.54 Å². The highest BCUT2D eigenvalue weighted by molar-refractivity contribution is 5.90. The van der Waals surface area contributed by atoms with Crippen LogP contribution in [-0.4, -0.2) is 51.9 Å². The highest BCUT2D eigenvalue weighted by atomic mass is 16.2. The number of nitrogens with zero attached hydrogens (tertiary/aromatic N) is 5. The molecule has 0 saturated carbocycles. The summed E-state index contributed by atoms with van der Waals surface area (Å²) in [4.78, 5) is 29.7. The monoisotopic (exact) mass is 340 g/mol. The largest absolute Gasteiger partial charge is 0.355 e. The van der Waals surface area contributed by atoms with E-state index >= 15 is 0 Å². The minimum absolute atomic E-state index is 0.153. The zero-order valence-corrected chi connectivity index (χ0v) is 14.9. The normalized spacial score (nSPS) is 17.0. The third-order valence-electron chi connectivity index (χ3n) is 4.55. The average molecular weight is 340 g/mol. The fourth-order valence-corrected chi connectivity index (χ4v) is 2.97. The molecule has 0 bridgehead atoms. The first-order valence-electron chi connectivity index (χ1n) is 8.47. The van der Waals surface area contributed by atoms with E-state index in [2.05, 4.69) is 19.9 Å². The van der Waals surface area contributed by atoms with Crippen LogP contribution in [0, 0.1) is 13.8 Å². The molecule has 0 unspecified atom stereocenters. The number of rotatable bonds is 4. The summed E-state index contributed by atoms with van der Waals surface area (Å²) < 4.78 is 0. The van der Waals surface area contributed by atoms with E-state index in [9.17, 15) is 4.79 Å². The van der Waals surface area contributed by atoms with Gasteiger partial charge in [0.25, 0.3) is 5.91 Å². The van der Waals surface area contributed by atoms with Gasteiger partial charge >= 0.3 is 0 Å². The molecule has 0 aliphatic carbocycles. The molecule has 1 atom stereocenters. The van der Waals surface area contributed by atoms with Gasteiger partial charge in [0.2, 0.25) is 5.82 Å². The van der Waals surface area contributed by atoms with E-state index in [-0.39, 0.29) is 17.8 Å². The van der Waals surface area contributed by atoms with Crippen molar-refractivity contribution in [1.29, 1.82) is 0 Å². The molecule has 2 aromatic heterocycles. The number of aryl methyl sites for hydroxylation is 1. The van der Waals surface area contributed by atoms with Gasteiger partial charge in [-0.15, -0.1) is 0 Å². The first-order valence-corrected chi connectivity index (χ1v) is 8.47. The van der Waals surface area contributed by atoms with Gasteiger partial charge in [-0.2, -0.15) is 0 Å². The predicted octanol–water partition coefficient (Wildman–Crippen LogP) is 1.30. The average Bonchev–Trinajstić information content (AvgIpc) is 3.03. The van der Waals surface area contributed by atoms with Crippen molar-refractivity contribution in [1.82, 2.24) is 19.9 Å². The molecule has 7 heteroatoms. The number of hydrogen-bond acceptors (Lipinski definition) is 6. The zero-order chi connectivity index (χ0) is 18.0. The molecule has 132 valence electrons. The number of pyridine rings is 1. The number of carbonyl (C=O) groups is 1. The lowest BCUT2D eigenvalue weighted by Crippen LogP contribution is -2.31. The summed E-state index contributed by atoms with van der Waals surface area (Å²) in [5.41, 5.74) is 8.66. The molecule has 25 heavy (non-hydrogen) atoms. The highest BCUT2D eigenvalue weighted by Crippen LogP contribution is 2.23. The van der Waals surface area contributed by atoms with Crippen molar-refractivity contribution in [2.75, 3.05) is 25.0 Å². The Morgan fingerprint density at radius 1 is 1.36 bits per heavy atom. The molecule has 1 saturated heterocycles. The molecule has 1 aliphatic rings. The first kappa shape index (κ1) is 17.3. The summed E-state index contributed by atoms with van der Waals surface area (Å²) in [6.07, 6.45) is 2.65. The number of nitrogens with two attached hydrogens (primary N) is 1. The lowest BCUT2D eigenvalue weighted by atomic mass is 10.2. The van der Waals surface area contributed by atoms with Crippen molar-refractivity contribution < 1.29 is 4.79 Å². The third kappa shape index (κ3) is 3.76. The van der Waals surface area contributed by atoms with Crippen molar-refractivity contribution in [3.8, 4) is 0 Å². The van der Waals surface area contributed by atoms with Crippen LogP contribution < -0.4 is 10.6 Å². The lowest BCUT2D eigenvalue weighted by molar-refractivity contribution is 0.0771. The van der Waals surface area contributed by atoms with Crippen LogP contribution in [0.2, 0.25) is 0 Å². The van der Waals surface area contributed by atoms with E-state index in [1.54, 1.807) is 18.1 Å². The van der Waals surface area contributed by atoms with Gasteiger partial charge in [-0.25, -0.2) is 9.97 Å². The zero-order valence-electron chi connectivity index (χ0n) is 14.9. The van der Waals surface area contributed by atoms with Crippen molar-refractivity contribution >= 4 is 11.7 Å². The SMILES string of the molecule is Cc1nc(C(=O)N(C)Cc2ccccn2)nc(N2CC[C@@H](N)C2)c1C.